The summed E-state index contributed by atoms with van der Waals surface area (Å²) in [6.07, 6.45) is 0.710. The molecule has 0 saturated carbocycles. The van der Waals surface area contributed by atoms with Gasteiger partial charge in [-0.15, -0.1) is 11.8 Å². The molecule has 2 saturated heterocycles. The monoisotopic (exact) mass is 535 g/mol. The van der Waals surface area contributed by atoms with E-state index in [1.807, 2.05) is 0 Å². The third-order valence-corrected chi connectivity index (χ3v) is 7.76. The fourth-order valence-corrected chi connectivity index (χ4v) is 6.40. The van der Waals surface area contributed by atoms with E-state index >= 15 is 0 Å². The number of oxime groups is 1. The summed E-state index contributed by atoms with van der Waals surface area (Å²) in [6, 6.07) is 10.6. The number of carbonyl (C=O) groups is 4. The number of hydrogen-bond acceptors (Lipinski definition) is 9. The van der Waals surface area contributed by atoms with Crippen LogP contribution in [0.3, 0.4) is 0 Å². The summed E-state index contributed by atoms with van der Waals surface area (Å²) in [4.78, 5) is 55.3. The van der Waals surface area contributed by atoms with Crippen LogP contribution < -0.4 is 49.6 Å². The van der Waals surface area contributed by atoms with Crippen LogP contribution in [0.15, 0.2) is 47.6 Å². The molecule has 0 spiro atoms. The topological polar surface area (TPSA) is 158 Å². The first-order valence-corrected chi connectivity index (χ1v) is 11.6. The molecule has 2 N–H and O–H groups in total. The number of β-lactam (4-membered cyclic amide) rings is 1. The number of amidine groups is 1. The third-order valence-electron chi connectivity index (χ3n) is 6.23. The molecule has 0 aromatic heterocycles. The van der Waals surface area contributed by atoms with Crippen molar-refractivity contribution in [2.24, 2.45) is 5.16 Å². The second-order valence-corrected chi connectivity index (χ2v) is 10.4. The van der Waals surface area contributed by atoms with Gasteiger partial charge in [0.25, 0.3) is 0 Å². The van der Waals surface area contributed by atoms with Gasteiger partial charge in [-0.05, 0) is 32.0 Å². The van der Waals surface area contributed by atoms with Crippen molar-refractivity contribution >= 4 is 47.4 Å². The summed E-state index contributed by atoms with van der Waals surface area (Å²) in [6.45, 7) is 3.46. The summed E-state index contributed by atoms with van der Waals surface area (Å²) in [7, 11) is 1.34. The largest absolute Gasteiger partial charge is 1.00 e. The van der Waals surface area contributed by atoms with Gasteiger partial charge in [-0.25, -0.2) is 4.79 Å². The summed E-state index contributed by atoms with van der Waals surface area (Å²) < 4.78 is 4.19. The van der Waals surface area contributed by atoms with Gasteiger partial charge in [0, 0.05) is 11.3 Å². The Kier molecular flexibility index (Phi) is 8.27. The van der Waals surface area contributed by atoms with Crippen LogP contribution in [0, 0.1) is 0 Å². The van der Waals surface area contributed by atoms with E-state index in [0.717, 1.165) is 0 Å². The SMILES string of the molecule is COc1cccc(C=O)c1ON=C(Nc1ccccc1[C@]1(C(=O)O)N2C(=O)C[C@H]2SC1(C)C)C(=O)[O-].[Na+]. The first-order valence-electron chi connectivity index (χ1n) is 10.8. The van der Waals surface area contributed by atoms with Crippen LogP contribution in [0.25, 0.3) is 0 Å². The minimum atomic E-state index is -1.79. The number of aldehydes is 1. The number of rotatable bonds is 7. The fourth-order valence-electron chi connectivity index (χ4n) is 4.65. The predicted molar refractivity (Wildman–Crippen MR) is 128 cm³/mol. The molecule has 1 amide bonds. The maximum absolute atomic E-state index is 12.8. The third kappa shape index (κ3) is 4.58. The van der Waals surface area contributed by atoms with Crippen LogP contribution in [0.1, 0.15) is 36.2 Å². The number of amides is 1. The van der Waals surface area contributed by atoms with Gasteiger partial charge in [0.15, 0.2) is 23.4 Å². The first-order chi connectivity index (χ1) is 17.1. The summed E-state index contributed by atoms with van der Waals surface area (Å²) in [5.74, 6) is -4.09. The van der Waals surface area contributed by atoms with Crippen molar-refractivity contribution in [3.05, 3.63) is 53.6 Å². The Labute approximate surface area is 238 Å². The normalized spacial score (nSPS) is 21.7. The Morgan fingerprint density at radius 2 is 1.95 bits per heavy atom. The number of carboxylic acids is 2. The smallest absolute Gasteiger partial charge is 0.541 e. The van der Waals surface area contributed by atoms with Crippen LogP contribution in [0.4, 0.5) is 5.69 Å². The van der Waals surface area contributed by atoms with E-state index < -0.39 is 28.1 Å². The van der Waals surface area contributed by atoms with Crippen molar-refractivity contribution < 1.29 is 68.5 Å². The molecule has 11 nitrogen and oxygen atoms in total. The molecule has 2 aromatic rings. The second-order valence-electron chi connectivity index (χ2n) is 8.55. The number of ether oxygens (including phenoxy) is 1. The van der Waals surface area contributed by atoms with E-state index in [0.29, 0.717) is 6.29 Å². The van der Waals surface area contributed by atoms with E-state index in [9.17, 15) is 29.4 Å². The zero-order valence-electron chi connectivity index (χ0n) is 20.5. The molecule has 0 radical (unpaired) electrons. The Bertz CT molecular complexity index is 1300. The van der Waals surface area contributed by atoms with Crippen molar-refractivity contribution in [2.75, 3.05) is 12.4 Å². The number of para-hydroxylation sites is 2. The molecule has 188 valence electrons. The average molecular weight is 536 g/mol. The molecule has 2 atom stereocenters. The fraction of sp³-hybridized carbons (Fsp3) is 0.292. The quantitative estimate of drug-likeness (QED) is 0.106. The first kappa shape index (κ1) is 28.5. The van der Waals surface area contributed by atoms with Gasteiger partial charge in [0.1, 0.15) is 5.97 Å². The summed E-state index contributed by atoms with van der Waals surface area (Å²) in [5.41, 5.74) is -1.47. The number of carboxylic acid groups (broad SMARTS) is 2. The van der Waals surface area contributed by atoms with Gasteiger partial charge in [-0.1, -0.05) is 29.4 Å². The molecule has 2 heterocycles. The van der Waals surface area contributed by atoms with Crippen LogP contribution in [-0.4, -0.2) is 57.2 Å². The minimum Gasteiger partial charge on any atom is -0.541 e. The van der Waals surface area contributed by atoms with Crippen molar-refractivity contribution in [3.8, 4) is 11.5 Å². The number of carbonyl (C=O) groups excluding carboxylic acids is 3. The molecule has 0 unspecified atom stereocenters. The van der Waals surface area contributed by atoms with Crippen LogP contribution in [0.2, 0.25) is 0 Å². The number of benzene rings is 2. The second kappa shape index (κ2) is 10.7. The standard InChI is InChI=1S/C24H23N3O8S.Na/c1-23(2)24(22(32)33,27-17(29)11-18(27)36-23)14-8-4-5-9-15(14)25-20(21(30)31)26-35-19-13(12-28)7-6-10-16(19)34-3;/h4-10,12,18H,11H2,1-3H3,(H,25,26)(H,30,31)(H,32,33);/q;+1/p-1/t18-,24-;/m1./s1. The molecule has 0 aliphatic carbocycles. The van der Waals surface area contributed by atoms with E-state index in [1.165, 1.54) is 48.0 Å². The van der Waals surface area contributed by atoms with Gasteiger partial charge in [0.05, 0.1) is 29.2 Å². The molecule has 2 aliphatic heterocycles. The van der Waals surface area contributed by atoms with Crippen LogP contribution in [-0.2, 0) is 19.9 Å². The number of aliphatic carboxylic acids is 2. The summed E-state index contributed by atoms with van der Waals surface area (Å²) >= 11 is 1.37. The zero-order valence-corrected chi connectivity index (χ0v) is 23.3. The molecule has 2 aliphatic rings. The van der Waals surface area contributed by atoms with Crippen molar-refractivity contribution in [1.82, 2.24) is 4.90 Å². The maximum atomic E-state index is 12.8. The molecule has 4 rings (SSSR count). The minimum absolute atomic E-state index is 0. The molecule has 13 heteroatoms. The Morgan fingerprint density at radius 3 is 2.54 bits per heavy atom. The van der Waals surface area contributed by atoms with Gasteiger partial charge >= 0.3 is 35.5 Å². The molecular formula is C24H22N3NaO8S. The van der Waals surface area contributed by atoms with Gasteiger partial charge in [-0.2, -0.15) is 0 Å². The maximum Gasteiger partial charge on any atom is 1.00 e. The number of thioether (sulfide) groups is 1. The average Bonchev–Trinajstić information content (AvgIpc) is 3.03. The van der Waals surface area contributed by atoms with E-state index in [4.69, 9.17) is 9.57 Å². The molecule has 2 aromatic carbocycles. The van der Waals surface area contributed by atoms with Gasteiger partial charge in [0.2, 0.25) is 11.7 Å². The van der Waals surface area contributed by atoms with Crippen molar-refractivity contribution in [1.29, 1.82) is 0 Å². The predicted octanol–water partition coefficient (Wildman–Crippen LogP) is -1.57. The Balaban J connectivity index is 0.00000380. The van der Waals surface area contributed by atoms with Crippen LogP contribution >= 0.6 is 11.8 Å². The molecule has 2 fully saturated rings. The molecule has 0 bridgehead atoms. The number of fused-ring (bicyclic) bond motifs is 1. The molecule has 37 heavy (non-hydrogen) atoms. The number of nitrogens with zero attached hydrogens (tertiary/aromatic N) is 2. The number of hydrogen-bond donors (Lipinski definition) is 2. The van der Waals surface area contributed by atoms with Gasteiger partial charge in [-0.3, -0.25) is 9.59 Å². The molecular weight excluding hydrogens is 513 g/mol. The van der Waals surface area contributed by atoms with E-state index in [1.54, 1.807) is 32.0 Å². The summed E-state index contributed by atoms with van der Waals surface area (Å²) in [5, 5.41) is 28.3. The Hall–Kier alpha value is -3.06. The van der Waals surface area contributed by atoms with Crippen molar-refractivity contribution in [2.45, 2.75) is 35.9 Å². The van der Waals surface area contributed by atoms with Crippen molar-refractivity contribution in [3.63, 3.8) is 0 Å². The Morgan fingerprint density at radius 1 is 1.24 bits per heavy atom. The van der Waals surface area contributed by atoms with E-state index in [-0.39, 0.29) is 75.6 Å². The zero-order chi connectivity index (χ0) is 26.3. The van der Waals surface area contributed by atoms with E-state index in [2.05, 4.69) is 10.5 Å². The van der Waals surface area contributed by atoms with Gasteiger partial charge < -0.3 is 34.8 Å². The number of anilines is 1. The number of nitrogens with one attached hydrogen (secondary N) is 1. The number of methoxy groups -OCH3 is 1. The van der Waals surface area contributed by atoms with Crippen LogP contribution in [0.5, 0.6) is 11.5 Å².